The van der Waals surface area contributed by atoms with Crippen molar-refractivity contribution in [2.75, 3.05) is 13.7 Å². The second-order valence-corrected chi connectivity index (χ2v) is 3.29. The summed E-state index contributed by atoms with van der Waals surface area (Å²) in [6.07, 6.45) is -0.342. The van der Waals surface area contributed by atoms with E-state index in [0.717, 1.165) is 0 Å². The Morgan fingerprint density at radius 3 is 2.23 bits per heavy atom. The Kier molecular flexibility index (Phi) is 4.40. The minimum absolute atomic E-state index is 0.0910. The summed E-state index contributed by atoms with van der Waals surface area (Å²) in [6.45, 7) is 1.17. The maximum absolute atomic E-state index is 10.8. The Morgan fingerprint density at radius 1 is 1.38 bits per heavy atom. The maximum atomic E-state index is 10.8. The Hall–Kier alpha value is -1.10. The van der Waals surface area contributed by atoms with Gasteiger partial charge in [0.2, 0.25) is 0 Å². The van der Waals surface area contributed by atoms with E-state index in [9.17, 15) is 9.59 Å². The lowest BCUT2D eigenvalue weighted by molar-refractivity contribution is -0.146. The number of carbonyl (C=O) groups is 2. The van der Waals surface area contributed by atoms with Gasteiger partial charge in [-0.25, -0.2) is 0 Å². The van der Waals surface area contributed by atoms with E-state index in [1.165, 1.54) is 14.0 Å². The van der Waals surface area contributed by atoms with E-state index in [0.29, 0.717) is 0 Å². The summed E-state index contributed by atoms with van der Waals surface area (Å²) in [5, 5.41) is 17.4. The van der Waals surface area contributed by atoms with Crippen molar-refractivity contribution in [1.82, 2.24) is 0 Å². The Morgan fingerprint density at radius 2 is 1.92 bits per heavy atom. The molecule has 13 heavy (non-hydrogen) atoms. The number of aliphatic hydroxyl groups is 1. The van der Waals surface area contributed by atoms with E-state index in [2.05, 4.69) is 4.74 Å². The molecule has 0 radical (unpaired) electrons. The first-order valence-electron chi connectivity index (χ1n) is 3.83. The lowest BCUT2D eigenvalue weighted by Gasteiger charge is -2.23. The summed E-state index contributed by atoms with van der Waals surface area (Å²) in [6, 6.07) is 0. The molecule has 0 saturated heterocycles. The van der Waals surface area contributed by atoms with Crippen LogP contribution in [0.4, 0.5) is 0 Å². The first-order chi connectivity index (χ1) is 5.93. The first kappa shape index (κ1) is 11.9. The molecule has 5 heteroatoms. The minimum atomic E-state index is -1.04. The predicted octanol–water partition coefficient (Wildman–Crippen LogP) is 0.0228. The quantitative estimate of drug-likeness (QED) is 0.597. The smallest absolute Gasteiger partial charge is 0.306 e. The Balaban J connectivity index is 4.27. The number of ether oxygens (including phenoxy) is 1. The van der Waals surface area contributed by atoms with E-state index < -0.39 is 17.4 Å². The molecule has 5 nitrogen and oxygen atoms in total. The molecule has 0 fully saturated rings. The van der Waals surface area contributed by atoms with Crippen molar-refractivity contribution in [3.05, 3.63) is 0 Å². The molecule has 0 aliphatic carbocycles. The van der Waals surface area contributed by atoms with Gasteiger partial charge in [0.05, 0.1) is 20.0 Å². The molecular weight excluding hydrogens is 176 g/mol. The fourth-order valence-electron chi connectivity index (χ4n) is 0.960. The fraction of sp³-hybridized carbons (Fsp3) is 0.750. The van der Waals surface area contributed by atoms with E-state index in [4.69, 9.17) is 10.2 Å². The predicted molar refractivity (Wildman–Crippen MR) is 44.1 cm³/mol. The number of esters is 1. The number of hydrogen-bond donors (Lipinski definition) is 2. The SMILES string of the molecule is COC(=O)CC(C)(CO)CC(=O)O. The number of aliphatic hydroxyl groups excluding tert-OH is 1. The molecule has 0 saturated carbocycles. The lowest BCUT2D eigenvalue weighted by Crippen LogP contribution is -2.28. The van der Waals surface area contributed by atoms with Crippen molar-refractivity contribution in [3.8, 4) is 0 Å². The molecule has 0 rings (SSSR count). The molecular formula is C8H14O5. The van der Waals surface area contributed by atoms with Crippen LogP contribution in [0.15, 0.2) is 0 Å². The molecule has 76 valence electrons. The molecule has 0 amide bonds. The monoisotopic (exact) mass is 190 g/mol. The van der Waals surface area contributed by atoms with E-state index in [1.807, 2.05) is 0 Å². The number of carboxylic acids is 1. The summed E-state index contributed by atoms with van der Waals surface area (Å²) in [7, 11) is 1.22. The Labute approximate surface area is 76.3 Å². The van der Waals surface area contributed by atoms with Crippen LogP contribution in [-0.2, 0) is 14.3 Å². The van der Waals surface area contributed by atoms with Gasteiger partial charge in [-0.1, -0.05) is 6.92 Å². The molecule has 1 atom stereocenters. The highest BCUT2D eigenvalue weighted by molar-refractivity contribution is 5.73. The third kappa shape index (κ3) is 4.47. The first-order valence-corrected chi connectivity index (χ1v) is 3.83. The van der Waals surface area contributed by atoms with Gasteiger partial charge in [0, 0.05) is 12.0 Å². The zero-order chi connectivity index (χ0) is 10.5. The molecule has 0 spiro atoms. The fourth-order valence-corrected chi connectivity index (χ4v) is 0.960. The molecule has 0 aromatic carbocycles. The molecule has 0 aromatic rings. The maximum Gasteiger partial charge on any atom is 0.306 e. The third-order valence-corrected chi connectivity index (χ3v) is 1.76. The van der Waals surface area contributed by atoms with Crippen LogP contribution in [0.3, 0.4) is 0 Å². The highest BCUT2D eigenvalue weighted by Gasteiger charge is 2.30. The van der Waals surface area contributed by atoms with Crippen LogP contribution in [0.2, 0.25) is 0 Å². The van der Waals surface area contributed by atoms with Crippen molar-refractivity contribution < 1.29 is 24.5 Å². The number of hydrogen-bond acceptors (Lipinski definition) is 4. The van der Waals surface area contributed by atoms with E-state index in [1.54, 1.807) is 0 Å². The summed E-state index contributed by atoms with van der Waals surface area (Å²) >= 11 is 0. The van der Waals surface area contributed by atoms with E-state index in [-0.39, 0.29) is 19.4 Å². The van der Waals surface area contributed by atoms with Gasteiger partial charge in [0.1, 0.15) is 0 Å². The Bertz CT molecular complexity index is 201. The van der Waals surface area contributed by atoms with Gasteiger partial charge < -0.3 is 14.9 Å². The average molecular weight is 190 g/mol. The average Bonchev–Trinajstić information content (AvgIpc) is 2.02. The van der Waals surface area contributed by atoms with Crippen molar-refractivity contribution in [2.45, 2.75) is 19.8 Å². The van der Waals surface area contributed by atoms with Crippen LogP contribution in [0.5, 0.6) is 0 Å². The number of methoxy groups -OCH3 is 1. The largest absolute Gasteiger partial charge is 0.481 e. The number of carbonyl (C=O) groups excluding carboxylic acids is 1. The zero-order valence-electron chi connectivity index (χ0n) is 7.74. The molecule has 2 N–H and O–H groups in total. The van der Waals surface area contributed by atoms with Gasteiger partial charge in [-0.15, -0.1) is 0 Å². The number of aliphatic carboxylic acids is 1. The molecule has 0 aliphatic rings. The lowest BCUT2D eigenvalue weighted by atomic mass is 9.84. The summed E-state index contributed by atoms with van der Waals surface area (Å²) in [5.74, 6) is -1.56. The molecule has 1 unspecified atom stereocenters. The molecule has 0 aliphatic heterocycles. The highest BCUT2D eigenvalue weighted by Crippen LogP contribution is 2.25. The minimum Gasteiger partial charge on any atom is -0.481 e. The van der Waals surface area contributed by atoms with Crippen LogP contribution >= 0.6 is 0 Å². The summed E-state index contributed by atoms with van der Waals surface area (Å²) < 4.78 is 4.39. The number of rotatable bonds is 5. The van der Waals surface area contributed by atoms with Gasteiger partial charge in [0.15, 0.2) is 0 Å². The van der Waals surface area contributed by atoms with Gasteiger partial charge in [-0.2, -0.15) is 0 Å². The van der Waals surface area contributed by atoms with Crippen LogP contribution in [0.25, 0.3) is 0 Å². The standard InChI is InChI=1S/C8H14O5/c1-8(5-9,3-6(10)11)4-7(12)13-2/h9H,3-5H2,1-2H3,(H,10,11). The van der Waals surface area contributed by atoms with Crippen LogP contribution in [-0.4, -0.2) is 35.9 Å². The normalized spacial score (nSPS) is 14.7. The van der Waals surface area contributed by atoms with Crippen LogP contribution in [0.1, 0.15) is 19.8 Å². The van der Waals surface area contributed by atoms with Crippen LogP contribution < -0.4 is 0 Å². The second-order valence-electron chi connectivity index (χ2n) is 3.29. The van der Waals surface area contributed by atoms with Crippen molar-refractivity contribution >= 4 is 11.9 Å². The molecule has 0 bridgehead atoms. The summed E-state index contributed by atoms with van der Waals surface area (Å²) in [5.41, 5.74) is -0.932. The third-order valence-electron chi connectivity index (χ3n) is 1.76. The molecule has 0 heterocycles. The van der Waals surface area contributed by atoms with Gasteiger partial charge in [0.25, 0.3) is 0 Å². The van der Waals surface area contributed by atoms with Crippen molar-refractivity contribution in [3.63, 3.8) is 0 Å². The second kappa shape index (κ2) is 4.81. The van der Waals surface area contributed by atoms with Gasteiger partial charge in [-0.05, 0) is 0 Å². The van der Waals surface area contributed by atoms with Crippen molar-refractivity contribution in [1.29, 1.82) is 0 Å². The number of carboxylic acid groups (broad SMARTS) is 1. The summed E-state index contributed by atoms with van der Waals surface area (Å²) in [4.78, 5) is 21.2. The zero-order valence-corrected chi connectivity index (χ0v) is 7.74. The van der Waals surface area contributed by atoms with Crippen molar-refractivity contribution in [2.24, 2.45) is 5.41 Å². The van der Waals surface area contributed by atoms with E-state index >= 15 is 0 Å². The molecule has 0 aromatic heterocycles. The van der Waals surface area contributed by atoms with Gasteiger partial charge >= 0.3 is 11.9 Å². The topological polar surface area (TPSA) is 83.8 Å². The van der Waals surface area contributed by atoms with Gasteiger partial charge in [-0.3, -0.25) is 9.59 Å². The van der Waals surface area contributed by atoms with Crippen LogP contribution in [0, 0.1) is 5.41 Å². The highest BCUT2D eigenvalue weighted by atomic mass is 16.5.